The molecule has 6 heteroatoms. The van der Waals surface area contributed by atoms with Crippen molar-refractivity contribution in [1.29, 1.82) is 0 Å². The average Bonchev–Trinajstić information content (AvgIpc) is 2.95. The predicted octanol–water partition coefficient (Wildman–Crippen LogP) is 2.21. The highest BCUT2D eigenvalue weighted by Crippen LogP contribution is 2.19. The third-order valence-electron chi connectivity index (χ3n) is 3.10. The molecule has 5 nitrogen and oxygen atoms in total. The number of furan rings is 1. The first kappa shape index (κ1) is 15.8. The van der Waals surface area contributed by atoms with Crippen LogP contribution < -0.4 is 5.32 Å². The van der Waals surface area contributed by atoms with E-state index in [1.807, 2.05) is 37.3 Å². The Bertz CT molecular complexity index is 665. The van der Waals surface area contributed by atoms with E-state index in [0.717, 1.165) is 12.1 Å². The van der Waals surface area contributed by atoms with Gasteiger partial charge in [-0.2, -0.15) is 4.31 Å². The van der Waals surface area contributed by atoms with Crippen molar-refractivity contribution < 1.29 is 12.8 Å². The highest BCUT2D eigenvalue weighted by atomic mass is 32.2. The van der Waals surface area contributed by atoms with Crippen LogP contribution >= 0.6 is 0 Å². The van der Waals surface area contributed by atoms with Crippen molar-refractivity contribution in [2.24, 2.45) is 0 Å². The fourth-order valence-electron chi connectivity index (χ4n) is 1.92. The van der Waals surface area contributed by atoms with Crippen LogP contribution in [-0.4, -0.2) is 26.3 Å². The van der Waals surface area contributed by atoms with Crippen LogP contribution in [0.15, 0.2) is 52.0 Å². The van der Waals surface area contributed by atoms with E-state index in [-0.39, 0.29) is 5.09 Å². The molecule has 1 N–H and O–H groups in total. The minimum Gasteiger partial charge on any atom is -0.447 e. The van der Waals surface area contributed by atoms with Gasteiger partial charge in [0.1, 0.15) is 5.76 Å². The Balaban J connectivity index is 2.11. The summed E-state index contributed by atoms with van der Waals surface area (Å²) in [6, 6.07) is 12.6. The van der Waals surface area contributed by atoms with E-state index in [0.29, 0.717) is 18.8 Å². The van der Waals surface area contributed by atoms with Crippen LogP contribution in [0, 0.1) is 0 Å². The summed E-state index contributed by atoms with van der Waals surface area (Å²) in [6.07, 6.45) is 0. The van der Waals surface area contributed by atoms with Crippen molar-refractivity contribution >= 4 is 10.0 Å². The normalized spacial score (nSPS) is 12.0. The van der Waals surface area contributed by atoms with Crippen LogP contribution in [0.1, 0.15) is 18.2 Å². The van der Waals surface area contributed by atoms with Crippen molar-refractivity contribution in [3.8, 4) is 0 Å². The molecule has 21 heavy (non-hydrogen) atoms. The van der Waals surface area contributed by atoms with E-state index in [9.17, 15) is 8.42 Å². The Morgan fingerprint density at radius 3 is 2.52 bits per heavy atom. The SMILES string of the molecule is CCNCc1ccc(S(=O)(=O)N(C)Cc2ccccc2)o1. The van der Waals surface area contributed by atoms with Gasteiger partial charge in [-0.1, -0.05) is 37.3 Å². The van der Waals surface area contributed by atoms with Crippen molar-refractivity contribution in [3.63, 3.8) is 0 Å². The van der Waals surface area contributed by atoms with Crippen LogP contribution in [0.5, 0.6) is 0 Å². The smallest absolute Gasteiger partial charge is 0.276 e. The Morgan fingerprint density at radius 1 is 1.14 bits per heavy atom. The lowest BCUT2D eigenvalue weighted by Crippen LogP contribution is -2.26. The van der Waals surface area contributed by atoms with Crippen LogP contribution in [0.4, 0.5) is 0 Å². The van der Waals surface area contributed by atoms with Crippen molar-refractivity contribution in [1.82, 2.24) is 9.62 Å². The van der Waals surface area contributed by atoms with E-state index in [4.69, 9.17) is 4.42 Å². The molecular weight excluding hydrogens is 288 g/mol. The van der Waals surface area contributed by atoms with Gasteiger partial charge in [0.05, 0.1) is 6.54 Å². The Hall–Kier alpha value is -1.63. The summed E-state index contributed by atoms with van der Waals surface area (Å²) in [5.41, 5.74) is 0.933. The maximum Gasteiger partial charge on any atom is 0.276 e. The Morgan fingerprint density at radius 2 is 1.86 bits per heavy atom. The van der Waals surface area contributed by atoms with Gasteiger partial charge in [0, 0.05) is 13.6 Å². The molecule has 0 saturated heterocycles. The number of sulfonamides is 1. The molecule has 0 spiro atoms. The first-order chi connectivity index (χ1) is 10.0. The number of hydrogen-bond donors (Lipinski definition) is 1. The summed E-state index contributed by atoms with van der Waals surface area (Å²) in [4.78, 5) is 0. The van der Waals surface area contributed by atoms with E-state index < -0.39 is 10.0 Å². The number of nitrogens with zero attached hydrogens (tertiary/aromatic N) is 1. The third-order valence-corrected chi connectivity index (χ3v) is 4.78. The molecule has 1 heterocycles. The number of benzene rings is 1. The first-order valence-corrected chi connectivity index (χ1v) is 8.27. The van der Waals surface area contributed by atoms with Gasteiger partial charge in [0.15, 0.2) is 0 Å². The molecule has 0 bridgehead atoms. The topological polar surface area (TPSA) is 62.6 Å². The molecule has 2 aromatic rings. The molecule has 0 aliphatic heterocycles. The molecule has 0 atom stereocenters. The molecule has 1 aromatic heterocycles. The highest BCUT2D eigenvalue weighted by Gasteiger charge is 2.24. The Kier molecular flexibility index (Phi) is 5.17. The monoisotopic (exact) mass is 308 g/mol. The average molecular weight is 308 g/mol. The van der Waals surface area contributed by atoms with Gasteiger partial charge < -0.3 is 9.73 Å². The molecule has 114 valence electrons. The molecule has 0 unspecified atom stereocenters. The van der Waals surface area contributed by atoms with Gasteiger partial charge in [-0.15, -0.1) is 0 Å². The number of nitrogens with one attached hydrogen (secondary N) is 1. The van der Waals surface area contributed by atoms with E-state index in [1.54, 1.807) is 13.1 Å². The largest absolute Gasteiger partial charge is 0.447 e. The van der Waals surface area contributed by atoms with Crippen LogP contribution in [0.25, 0.3) is 0 Å². The van der Waals surface area contributed by atoms with Crippen LogP contribution in [0.3, 0.4) is 0 Å². The second kappa shape index (κ2) is 6.89. The zero-order valence-electron chi connectivity index (χ0n) is 12.2. The lowest BCUT2D eigenvalue weighted by molar-refractivity contribution is 0.380. The predicted molar refractivity (Wildman–Crippen MR) is 81.2 cm³/mol. The summed E-state index contributed by atoms with van der Waals surface area (Å²) in [5.74, 6) is 0.614. The van der Waals surface area contributed by atoms with Gasteiger partial charge in [-0.25, -0.2) is 8.42 Å². The summed E-state index contributed by atoms with van der Waals surface area (Å²) >= 11 is 0. The molecular formula is C15H20N2O3S. The van der Waals surface area contributed by atoms with Crippen molar-refractivity contribution in [3.05, 3.63) is 53.8 Å². The molecule has 0 fully saturated rings. The maximum atomic E-state index is 12.4. The highest BCUT2D eigenvalue weighted by molar-refractivity contribution is 7.88. The molecule has 0 saturated carbocycles. The second-order valence-corrected chi connectivity index (χ2v) is 6.72. The number of rotatable bonds is 7. The maximum absolute atomic E-state index is 12.4. The standard InChI is InChI=1S/C15H20N2O3S/c1-3-16-11-14-9-10-15(20-14)21(18,19)17(2)12-13-7-5-4-6-8-13/h4-10,16H,3,11-12H2,1-2H3. The van der Waals surface area contributed by atoms with Crippen LogP contribution in [0.2, 0.25) is 0 Å². The van der Waals surface area contributed by atoms with Gasteiger partial charge in [0.2, 0.25) is 5.09 Å². The van der Waals surface area contributed by atoms with Crippen molar-refractivity contribution in [2.45, 2.75) is 25.1 Å². The van der Waals surface area contributed by atoms with Gasteiger partial charge in [-0.3, -0.25) is 0 Å². The fraction of sp³-hybridized carbons (Fsp3) is 0.333. The summed E-state index contributed by atoms with van der Waals surface area (Å²) < 4.78 is 31.6. The van der Waals surface area contributed by atoms with Crippen LogP contribution in [-0.2, 0) is 23.1 Å². The van der Waals surface area contributed by atoms with Crippen molar-refractivity contribution in [2.75, 3.05) is 13.6 Å². The quantitative estimate of drug-likeness (QED) is 0.852. The Labute approximate surface area is 125 Å². The summed E-state index contributed by atoms with van der Waals surface area (Å²) in [5, 5.41) is 3.08. The van der Waals surface area contributed by atoms with Gasteiger partial charge >= 0.3 is 0 Å². The first-order valence-electron chi connectivity index (χ1n) is 6.83. The number of hydrogen-bond acceptors (Lipinski definition) is 4. The lowest BCUT2D eigenvalue weighted by atomic mass is 10.2. The third kappa shape index (κ3) is 3.93. The molecule has 2 rings (SSSR count). The molecule has 0 aliphatic carbocycles. The molecule has 0 aliphatic rings. The summed E-state index contributed by atoms with van der Waals surface area (Å²) in [7, 11) is -2.05. The molecule has 1 aromatic carbocycles. The second-order valence-electron chi connectivity index (χ2n) is 4.75. The van der Waals surface area contributed by atoms with E-state index in [2.05, 4.69) is 5.32 Å². The van der Waals surface area contributed by atoms with Gasteiger partial charge in [0.25, 0.3) is 10.0 Å². The minimum absolute atomic E-state index is 0.0196. The summed E-state index contributed by atoms with van der Waals surface area (Å²) in [6.45, 7) is 3.62. The molecule has 0 radical (unpaired) electrons. The zero-order valence-corrected chi connectivity index (χ0v) is 13.1. The zero-order chi connectivity index (χ0) is 15.3. The van der Waals surface area contributed by atoms with E-state index >= 15 is 0 Å². The fourth-order valence-corrected chi connectivity index (χ4v) is 3.00. The van der Waals surface area contributed by atoms with E-state index in [1.165, 1.54) is 10.4 Å². The lowest BCUT2D eigenvalue weighted by Gasteiger charge is -2.15. The molecule has 0 amide bonds. The minimum atomic E-state index is -3.60. The van der Waals surface area contributed by atoms with Gasteiger partial charge in [-0.05, 0) is 24.2 Å².